The molecule has 3 N–H and O–H groups in total. The summed E-state index contributed by atoms with van der Waals surface area (Å²) in [6, 6.07) is 2.07. The number of aliphatic imine (C=N–C) groups is 1. The van der Waals surface area contributed by atoms with Crippen LogP contribution < -0.4 is 11.1 Å². The van der Waals surface area contributed by atoms with E-state index in [2.05, 4.69) is 32.0 Å². The molecule has 0 unspecified atom stereocenters. The average Bonchev–Trinajstić information content (AvgIpc) is 2.96. The minimum atomic E-state index is 0. The van der Waals surface area contributed by atoms with Crippen LogP contribution in [0.1, 0.15) is 12.0 Å². The second-order valence-electron chi connectivity index (χ2n) is 4.57. The molecule has 2 heterocycles. The van der Waals surface area contributed by atoms with Crippen LogP contribution in [0, 0.1) is 0 Å². The van der Waals surface area contributed by atoms with Crippen molar-refractivity contribution in [2.24, 2.45) is 10.7 Å². The molecule has 0 spiro atoms. The van der Waals surface area contributed by atoms with Gasteiger partial charge in [-0.15, -0.1) is 24.0 Å². The number of nitrogens with two attached hydrogens (primary N) is 1. The van der Waals surface area contributed by atoms with Crippen LogP contribution >= 0.6 is 35.3 Å². The third-order valence-corrected chi connectivity index (χ3v) is 3.81. The summed E-state index contributed by atoms with van der Waals surface area (Å²) in [6.45, 7) is 6.43. The maximum atomic E-state index is 5.82. The second kappa shape index (κ2) is 10.4. The van der Waals surface area contributed by atoms with E-state index in [4.69, 9.17) is 10.5 Å². The summed E-state index contributed by atoms with van der Waals surface area (Å²) >= 11 is 1.68. The van der Waals surface area contributed by atoms with Gasteiger partial charge in [-0.3, -0.25) is 4.90 Å². The van der Waals surface area contributed by atoms with Crippen LogP contribution in [0.4, 0.5) is 0 Å². The normalized spacial score (nSPS) is 16.7. The lowest BCUT2D eigenvalue weighted by atomic mass is 10.3. The summed E-state index contributed by atoms with van der Waals surface area (Å²) in [7, 11) is 0. The molecule has 5 nitrogen and oxygen atoms in total. The van der Waals surface area contributed by atoms with E-state index >= 15 is 0 Å². The molecule has 114 valence electrons. The fourth-order valence-electron chi connectivity index (χ4n) is 1.96. The smallest absolute Gasteiger partial charge is 0.188 e. The Labute approximate surface area is 141 Å². The first-order valence-corrected chi connectivity index (χ1v) is 7.64. The highest BCUT2D eigenvalue weighted by Crippen LogP contribution is 2.06. The average molecular weight is 410 g/mol. The first-order chi connectivity index (χ1) is 9.34. The maximum Gasteiger partial charge on any atom is 0.188 e. The van der Waals surface area contributed by atoms with Gasteiger partial charge in [-0.2, -0.15) is 11.3 Å². The van der Waals surface area contributed by atoms with Crippen LogP contribution in [-0.2, 0) is 11.3 Å². The van der Waals surface area contributed by atoms with Crippen molar-refractivity contribution in [2.45, 2.75) is 13.0 Å². The molecule has 1 aliphatic heterocycles. The van der Waals surface area contributed by atoms with Gasteiger partial charge in [0.1, 0.15) is 0 Å². The van der Waals surface area contributed by atoms with Crippen LogP contribution in [0.25, 0.3) is 0 Å². The van der Waals surface area contributed by atoms with Crippen molar-refractivity contribution in [2.75, 3.05) is 39.4 Å². The Kier molecular flexibility index (Phi) is 9.16. The topological polar surface area (TPSA) is 62.9 Å². The number of rotatable bonds is 6. The van der Waals surface area contributed by atoms with Gasteiger partial charge in [-0.25, -0.2) is 4.99 Å². The zero-order valence-electron chi connectivity index (χ0n) is 11.6. The van der Waals surface area contributed by atoms with E-state index in [9.17, 15) is 0 Å². The number of hydrogen-bond acceptors (Lipinski definition) is 4. The van der Waals surface area contributed by atoms with Crippen molar-refractivity contribution in [3.63, 3.8) is 0 Å². The van der Waals surface area contributed by atoms with E-state index < -0.39 is 0 Å². The Morgan fingerprint density at radius 2 is 2.25 bits per heavy atom. The maximum absolute atomic E-state index is 5.82. The van der Waals surface area contributed by atoms with Crippen LogP contribution in [0.2, 0.25) is 0 Å². The van der Waals surface area contributed by atoms with Crippen molar-refractivity contribution in [1.82, 2.24) is 10.2 Å². The Hall–Kier alpha value is -0.380. The highest BCUT2D eigenvalue weighted by molar-refractivity contribution is 14.0. The van der Waals surface area contributed by atoms with Crippen molar-refractivity contribution in [1.29, 1.82) is 0 Å². The standard InChI is InChI=1S/C13H22N4OS.HI/c14-13(16-10-12-2-9-19-11-12)15-3-1-4-17-5-7-18-8-6-17;/h2,9,11H,1,3-8,10H2,(H3,14,15,16);1H. The third kappa shape index (κ3) is 6.87. The molecule has 0 atom stereocenters. The molecular weight excluding hydrogens is 387 g/mol. The number of ether oxygens (including phenoxy) is 1. The fraction of sp³-hybridized carbons (Fsp3) is 0.615. The Bertz CT molecular complexity index is 380. The number of nitrogens with one attached hydrogen (secondary N) is 1. The largest absolute Gasteiger partial charge is 0.379 e. The molecule has 0 bridgehead atoms. The minimum absolute atomic E-state index is 0. The molecular formula is C13H23IN4OS. The molecule has 1 saturated heterocycles. The quantitative estimate of drug-likeness (QED) is 0.323. The zero-order chi connectivity index (χ0) is 13.3. The highest BCUT2D eigenvalue weighted by atomic mass is 127. The molecule has 0 aromatic carbocycles. The van der Waals surface area contributed by atoms with Crippen molar-refractivity contribution in [3.05, 3.63) is 22.4 Å². The third-order valence-electron chi connectivity index (χ3n) is 3.07. The van der Waals surface area contributed by atoms with Crippen LogP contribution in [-0.4, -0.2) is 50.3 Å². The van der Waals surface area contributed by atoms with E-state index in [1.165, 1.54) is 5.56 Å². The number of guanidine groups is 1. The first-order valence-electron chi connectivity index (χ1n) is 6.69. The summed E-state index contributed by atoms with van der Waals surface area (Å²) in [5.74, 6) is 0.535. The van der Waals surface area contributed by atoms with E-state index in [1.807, 2.05) is 0 Å². The van der Waals surface area contributed by atoms with Gasteiger partial charge in [-0.05, 0) is 35.4 Å². The number of nitrogens with zero attached hydrogens (tertiary/aromatic N) is 2. The summed E-state index contributed by atoms with van der Waals surface area (Å²) in [5.41, 5.74) is 7.03. The predicted molar refractivity (Wildman–Crippen MR) is 94.9 cm³/mol. The summed E-state index contributed by atoms with van der Waals surface area (Å²) in [5, 5.41) is 7.30. The number of halogens is 1. The van der Waals surface area contributed by atoms with E-state index in [-0.39, 0.29) is 24.0 Å². The highest BCUT2D eigenvalue weighted by Gasteiger charge is 2.08. The Balaban J connectivity index is 0.00000200. The molecule has 1 aliphatic rings. The summed E-state index contributed by atoms with van der Waals surface area (Å²) < 4.78 is 5.32. The van der Waals surface area contributed by atoms with Gasteiger partial charge in [-0.1, -0.05) is 0 Å². The Morgan fingerprint density at radius 3 is 2.95 bits per heavy atom. The van der Waals surface area contributed by atoms with Gasteiger partial charge in [0.15, 0.2) is 5.96 Å². The van der Waals surface area contributed by atoms with Gasteiger partial charge in [0.25, 0.3) is 0 Å². The molecule has 0 saturated carbocycles. The van der Waals surface area contributed by atoms with E-state index in [1.54, 1.807) is 11.3 Å². The fourth-order valence-corrected chi connectivity index (χ4v) is 2.62. The van der Waals surface area contributed by atoms with Crippen LogP contribution in [0.3, 0.4) is 0 Å². The first kappa shape index (κ1) is 17.7. The number of hydrogen-bond donors (Lipinski definition) is 2. The van der Waals surface area contributed by atoms with Gasteiger partial charge in [0.05, 0.1) is 19.8 Å². The van der Waals surface area contributed by atoms with Crippen LogP contribution in [0.15, 0.2) is 21.8 Å². The van der Waals surface area contributed by atoms with Crippen molar-refractivity contribution >= 4 is 41.3 Å². The predicted octanol–water partition coefficient (Wildman–Crippen LogP) is 1.49. The SMILES string of the molecule is I.NC(=NCc1ccsc1)NCCCN1CCOCC1. The van der Waals surface area contributed by atoms with Gasteiger partial charge in [0.2, 0.25) is 0 Å². The molecule has 0 amide bonds. The number of morpholine rings is 1. The van der Waals surface area contributed by atoms with Crippen LogP contribution in [0.5, 0.6) is 0 Å². The van der Waals surface area contributed by atoms with Gasteiger partial charge < -0.3 is 15.8 Å². The molecule has 1 aromatic rings. The molecule has 0 radical (unpaired) electrons. The monoisotopic (exact) mass is 410 g/mol. The molecule has 20 heavy (non-hydrogen) atoms. The summed E-state index contributed by atoms with van der Waals surface area (Å²) in [4.78, 5) is 6.73. The lowest BCUT2D eigenvalue weighted by Gasteiger charge is -2.26. The van der Waals surface area contributed by atoms with Gasteiger partial charge >= 0.3 is 0 Å². The van der Waals surface area contributed by atoms with E-state index in [0.29, 0.717) is 12.5 Å². The molecule has 7 heteroatoms. The molecule has 1 fully saturated rings. The Morgan fingerprint density at radius 1 is 1.45 bits per heavy atom. The zero-order valence-corrected chi connectivity index (χ0v) is 14.7. The number of thiophene rings is 1. The molecule has 1 aromatic heterocycles. The minimum Gasteiger partial charge on any atom is -0.379 e. The lowest BCUT2D eigenvalue weighted by molar-refractivity contribution is 0.0376. The van der Waals surface area contributed by atoms with Gasteiger partial charge in [0, 0.05) is 19.6 Å². The van der Waals surface area contributed by atoms with Crippen molar-refractivity contribution < 1.29 is 4.74 Å². The molecule has 2 rings (SSSR count). The molecule has 0 aliphatic carbocycles. The summed E-state index contributed by atoms with van der Waals surface area (Å²) in [6.07, 6.45) is 1.08. The lowest BCUT2D eigenvalue weighted by Crippen LogP contribution is -2.39. The second-order valence-corrected chi connectivity index (χ2v) is 5.35. The van der Waals surface area contributed by atoms with E-state index in [0.717, 1.165) is 45.8 Å². The van der Waals surface area contributed by atoms with Crippen molar-refractivity contribution in [3.8, 4) is 0 Å².